The van der Waals surface area contributed by atoms with E-state index in [0.29, 0.717) is 12.8 Å². The number of hydrogen-bond donors (Lipinski definition) is 5. The Morgan fingerprint density at radius 1 is 1.12 bits per heavy atom. The Hall–Kier alpha value is -1.59. The van der Waals surface area contributed by atoms with Crippen molar-refractivity contribution in [3.8, 4) is 0 Å². The SMILES string of the molecule is C[C@H](CCC(=O)Nc1ccc(S(N)(=O)=O)c(F)c1)[C@H]1CC[C@H]2[C@@H]3[C@H](O)C[C@@H]4C[C@H](O)CC[C@]4(C)[C@H]3C[C@H](O)[C@]12C. The normalized spacial score (nSPS) is 41.9. The van der Waals surface area contributed by atoms with E-state index in [4.69, 9.17) is 5.14 Å². The number of aliphatic hydroxyl groups is 3. The number of nitrogens with one attached hydrogen (secondary N) is 1. The summed E-state index contributed by atoms with van der Waals surface area (Å²) in [6, 6.07) is 3.30. The summed E-state index contributed by atoms with van der Waals surface area (Å²) in [5.41, 5.74) is -0.154. The highest BCUT2D eigenvalue weighted by atomic mass is 32.2. The van der Waals surface area contributed by atoms with Crippen molar-refractivity contribution in [2.75, 3.05) is 5.32 Å². The molecule has 0 radical (unpaired) electrons. The van der Waals surface area contributed by atoms with E-state index in [1.165, 1.54) is 6.07 Å². The first-order valence-electron chi connectivity index (χ1n) is 14.8. The lowest BCUT2D eigenvalue weighted by Crippen LogP contribution is -2.62. The van der Waals surface area contributed by atoms with Crippen LogP contribution in [0, 0.1) is 52.2 Å². The highest BCUT2D eigenvalue weighted by Crippen LogP contribution is 2.68. The molecule has 1 aromatic carbocycles. The van der Waals surface area contributed by atoms with E-state index >= 15 is 0 Å². The van der Waals surface area contributed by atoms with Crippen LogP contribution in [0.2, 0.25) is 0 Å². The Morgan fingerprint density at radius 2 is 1.85 bits per heavy atom. The van der Waals surface area contributed by atoms with Crippen LogP contribution in [0.3, 0.4) is 0 Å². The molecular weight excluding hydrogens is 535 g/mol. The number of nitrogens with two attached hydrogens (primary N) is 1. The van der Waals surface area contributed by atoms with Gasteiger partial charge < -0.3 is 20.6 Å². The number of halogens is 1. The minimum atomic E-state index is -4.19. The summed E-state index contributed by atoms with van der Waals surface area (Å²) in [4.78, 5) is 12.1. The molecule has 10 heteroatoms. The number of aliphatic hydroxyl groups excluding tert-OH is 3. The van der Waals surface area contributed by atoms with E-state index in [0.717, 1.165) is 50.7 Å². The van der Waals surface area contributed by atoms with Crippen molar-refractivity contribution in [1.82, 2.24) is 0 Å². The zero-order valence-electron chi connectivity index (χ0n) is 23.7. The summed E-state index contributed by atoms with van der Waals surface area (Å²) in [7, 11) is -4.19. The van der Waals surface area contributed by atoms with Crippen LogP contribution in [0.1, 0.15) is 78.6 Å². The maximum Gasteiger partial charge on any atom is 0.240 e. The highest BCUT2D eigenvalue weighted by molar-refractivity contribution is 7.89. The summed E-state index contributed by atoms with van der Waals surface area (Å²) in [5, 5.41) is 41.1. The molecule has 0 spiro atoms. The topological polar surface area (TPSA) is 150 Å². The fourth-order valence-corrected chi connectivity index (χ4v) is 10.3. The molecule has 0 saturated heterocycles. The van der Waals surface area contributed by atoms with Crippen LogP contribution < -0.4 is 10.5 Å². The lowest BCUT2D eigenvalue weighted by molar-refractivity contribution is -0.207. The molecule has 4 aliphatic rings. The van der Waals surface area contributed by atoms with Gasteiger partial charge in [-0.2, -0.15) is 0 Å². The molecule has 5 rings (SSSR count). The van der Waals surface area contributed by atoms with Gasteiger partial charge in [0.15, 0.2) is 0 Å². The maximum atomic E-state index is 14.2. The van der Waals surface area contributed by atoms with Crippen molar-refractivity contribution < 1.29 is 32.9 Å². The Bertz CT molecular complexity index is 1240. The third-order valence-corrected chi connectivity index (χ3v) is 12.8. The molecule has 4 fully saturated rings. The molecule has 0 bridgehead atoms. The molecule has 224 valence electrons. The van der Waals surface area contributed by atoms with Gasteiger partial charge in [0.2, 0.25) is 15.9 Å². The fourth-order valence-electron chi connectivity index (χ4n) is 9.72. The number of primary sulfonamides is 1. The van der Waals surface area contributed by atoms with E-state index in [1.54, 1.807) is 0 Å². The first-order valence-corrected chi connectivity index (χ1v) is 16.4. The number of rotatable bonds is 6. The molecule has 40 heavy (non-hydrogen) atoms. The zero-order chi connectivity index (χ0) is 29.2. The van der Waals surface area contributed by atoms with Crippen LogP contribution in [0.4, 0.5) is 10.1 Å². The average Bonchev–Trinajstić information content (AvgIpc) is 3.22. The molecule has 0 heterocycles. The average molecular weight is 581 g/mol. The predicted molar refractivity (Wildman–Crippen MR) is 149 cm³/mol. The Morgan fingerprint density at radius 3 is 2.52 bits per heavy atom. The molecular formula is C30H45FN2O6S. The van der Waals surface area contributed by atoms with Crippen molar-refractivity contribution in [2.24, 2.45) is 51.5 Å². The maximum absolute atomic E-state index is 14.2. The number of amides is 1. The molecule has 4 saturated carbocycles. The summed E-state index contributed by atoms with van der Waals surface area (Å²) in [6.07, 6.45) is 5.33. The molecule has 1 amide bonds. The lowest BCUT2D eigenvalue weighted by Gasteiger charge is -2.63. The standard InChI is InChI=1S/C30H45FN2O6S/c1-16(4-9-27(37)33-18-5-8-25(23(31)14-18)40(32,38)39)20-6-7-21-28-22(15-26(36)30(20,21)3)29(2)11-10-19(34)12-17(29)13-24(28)35/h5,8,14,16-17,19-22,24,26,28,34-36H,4,6-7,9-13,15H2,1-3H3,(H,33,37)(H2,32,38,39)/t16-,17+,19-,20-,21+,22+,24-,26+,28+,29+,30-/m1/s1. The van der Waals surface area contributed by atoms with Crippen molar-refractivity contribution in [3.63, 3.8) is 0 Å². The second kappa shape index (κ2) is 10.6. The fraction of sp³-hybridized carbons (Fsp3) is 0.767. The number of carbonyl (C=O) groups excluding carboxylic acids is 1. The molecule has 8 nitrogen and oxygen atoms in total. The van der Waals surface area contributed by atoms with E-state index in [9.17, 15) is 32.9 Å². The number of hydrogen-bond acceptors (Lipinski definition) is 6. The van der Waals surface area contributed by atoms with Gasteiger partial charge in [-0.1, -0.05) is 20.8 Å². The van der Waals surface area contributed by atoms with E-state index < -0.39 is 32.9 Å². The number of carbonyl (C=O) groups is 1. The molecule has 0 aromatic heterocycles. The molecule has 0 aliphatic heterocycles. The van der Waals surface area contributed by atoms with Crippen LogP contribution in [0.25, 0.3) is 0 Å². The molecule has 6 N–H and O–H groups in total. The highest BCUT2D eigenvalue weighted by Gasteiger charge is 2.65. The quantitative estimate of drug-likeness (QED) is 0.346. The van der Waals surface area contributed by atoms with Gasteiger partial charge >= 0.3 is 0 Å². The van der Waals surface area contributed by atoms with Gasteiger partial charge in [0, 0.05) is 12.1 Å². The lowest BCUT2D eigenvalue weighted by atomic mass is 9.43. The zero-order valence-corrected chi connectivity index (χ0v) is 24.5. The third-order valence-electron chi connectivity index (χ3n) is 11.9. The first kappa shape index (κ1) is 29.9. The minimum absolute atomic E-state index is 0.0270. The summed E-state index contributed by atoms with van der Waals surface area (Å²) in [6.45, 7) is 6.64. The van der Waals surface area contributed by atoms with Gasteiger partial charge in [0.1, 0.15) is 10.7 Å². The second-order valence-electron chi connectivity index (χ2n) is 13.8. The van der Waals surface area contributed by atoms with Crippen molar-refractivity contribution in [3.05, 3.63) is 24.0 Å². The number of anilines is 1. The third kappa shape index (κ3) is 5.02. The Labute approximate surface area is 237 Å². The van der Waals surface area contributed by atoms with Gasteiger partial charge in [0.25, 0.3) is 0 Å². The van der Waals surface area contributed by atoms with Crippen LogP contribution >= 0.6 is 0 Å². The monoisotopic (exact) mass is 580 g/mol. The van der Waals surface area contributed by atoms with Gasteiger partial charge in [0.05, 0.1) is 18.3 Å². The second-order valence-corrected chi connectivity index (χ2v) is 15.3. The van der Waals surface area contributed by atoms with E-state index in [-0.39, 0.29) is 70.5 Å². The predicted octanol–water partition coefficient (Wildman–Crippen LogP) is 3.79. The van der Waals surface area contributed by atoms with Crippen molar-refractivity contribution in [2.45, 2.75) is 102 Å². The van der Waals surface area contributed by atoms with E-state index in [1.807, 2.05) is 0 Å². The van der Waals surface area contributed by atoms with Gasteiger partial charge in [-0.25, -0.2) is 17.9 Å². The Balaban J connectivity index is 1.25. The van der Waals surface area contributed by atoms with Gasteiger partial charge in [-0.3, -0.25) is 4.79 Å². The largest absolute Gasteiger partial charge is 0.393 e. The molecule has 0 unspecified atom stereocenters. The van der Waals surface area contributed by atoms with Crippen LogP contribution in [-0.4, -0.2) is 48.0 Å². The smallest absolute Gasteiger partial charge is 0.240 e. The summed E-state index contributed by atoms with van der Waals surface area (Å²) >= 11 is 0. The van der Waals surface area contributed by atoms with Crippen molar-refractivity contribution in [1.29, 1.82) is 0 Å². The van der Waals surface area contributed by atoms with Gasteiger partial charge in [-0.15, -0.1) is 0 Å². The van der Waals surface area contributed by atoms with Crippen LogP contribution in [0.5, 0.6) is 0 Å². The van der Waals surface area contributed by atoms with Crippen LogP contribution in [0.15, 0.2) is 23.1 Å². The van der Waals surface area contributed by atoms with Crippen molar-refractivity contribution >= 4 is 21.6 Å². The number of fused-ring (bicyclic) bond motifs is 5. The number of sulfonamides is 1. The first-order chi connectivity index (χ1) is 18.7. The van der Waals surface area contributed by atoms with E-state index in [2.05, 4.69) is 26.1 Å². The molecule has 11 atom stereocenters. The summed E-state index contributed by atoms with van der Waals surface area (Å²) in [5.74, 6) is -0.0767. The Kier molecular flexibility index (Phi) is 7.92. The molecule has 1 aromatic rings. The van der Waals surface area contributed by atoms with Crippen LogP contribution in [-0.2, 0) is 14.8 Å². The van der Waals surface area contributed by atoms with Gasteiger partial charge in [-0.05, 0) is 116 Å². The summed E-state index contributed by atoms with van der Waals surface area (Å²) < 4.78 is 37.0. The molecule has 4 aliphatic carbocycles. The minimum Gasteiger partial charge on any atom is -0.393 e. The number of benzene rings is 1.